The monoisotopic (exact) mass is 346 g/mol. The summed E-state index contributed by atoms with van der Waals surface area (Å²) in [7, 11) is 1.67. The van der Waals surface area contributed by atoms with Gasteiger partial charge in [-0.15, -0.1) is 11.3 Å². The number of ether oxygens (including phenoxy) is 1. The van der Waals surface area contributed by atoms with Gasteiger partial charge in [-0.2, -0.15) is 0 Å². The van der Waals surface area contributed by atoms with Crippen molar-refractivity contribution in [1.29, 1.82) is 0 Å². The molecule has 0 bridgehead atoms. The summed E-state index contributed by atoms with van der Waals surface area (Å²) >= 11 is 1.64. The van der Waals surface area contributed by atoms with Crippen LogP contribution in [0.25, 0.3) is 0 Å². The van der Waals surface area contributed by atoms with Crippen molar-refractivity contribution in [3.05, 3.63) is 41.4 Å². The van der Waals surface area contributed by atoms with Gasteiger partial charge in [0.15, 0.2) is 5.13 Å². The molecule has 1 N–H and O–H groups in total. The third kappa shape index (κ3) is 3.97. The Bertz CT molecular complexity index is 654. The normalized spacial score (nSPS) is 14.5. The number of hydrogen-bond donors (Lipinski definition) is 1. The van der Waals surface area contributed by atoms with Crippen molar-refractivity contribution >= 4 is 22.5 Å². The van der Waals surface area contributed by atoms with Crippen LogP contribution in [0.15, 0.2) is 35.8 Å². The second-order valence-electron chi connectivity index (χ2n) is 5.58. The molecule has 1 fully saturated rings. The fraction of sp³-hybridized carbons (Fsp3) is 0.412. The van der Waals surface area contributed by atoms with Crippen molar-refractivity contribution in [2.24, 2.45) is 0 Å². The number of hydrogen-bond acceptors (Lipinski definition) is 5. The van der Waals surface area contributed by atoms with Gasteiger partial charge in [-0.25, -0.2) is 9.78 Å². The number of rotatable bonds is 5. The molecule has 2 amide bonds. The highest BCUT2D eigenvalue weighted by Crippen LogP contribution is 2.19. The number of nitrogens with one attached hydrogen (secondary N) is 1. The van der Waals surface area contributed by atoms with E-state index in [1.807, 2.05) is 40.7 Å². The number of benzene rings is 1. The molecule has 6 nitrogen and oxygen atoms in total. The number of thiazole rings is 1. The summed E-state index contributed by atoms with van der Waals surface area (Å²) in [6, 6.07) is 7.90. The lowest BCUT2D eigenvalue weighted by molar-refractivity contribution is 0.194. The predicted molar refractivity (Wildman–Crippen MR) is 96.0 cm³/mol. The van der Waals surface area contributed by atoms with Crippen LogP contribution in [0.5, 0.6) is 5.75 Å². The van der Waals surface area contributed by atoms with Gasteiger partial charge in [-0.1, -0.05) is 18.2 Å². The molecule has 0 radical (unpaired) electrons. The summed E-state index contributed by atoms with van der Waals surface area (Å²) in [5.41, 5.74) is 1.11. The van der Waals surface area contributed by atoms with Crippen molar-refractivity contribution in [3.63, 3.8) is 0 Å². The number of para-hydroxylation sites is 1. The van der Waals surface area contributed by atoms with Crippen LogP contribution in [0.3, 0.4) is 0 Å². The van der Waals surface area contributed by atoms with Gasteiger partial charge >= 0.3 is 6.03 Å². The van der Waals surface area contributed by atoms with Gasteiger partial charge in [0.25, 0.3) is 0 Å². The Hall–Kier alpha value is -2.28. The molecule has 0 unspecified atom stereocenters. The lowest BCUT2D eigenvalue weighted by Crippen LogP contribution is -2.52. The number of aromatic nitrogens is 1. The fourth-order valence-corrected chi connectivity index (χ4v) is 3.50. The minimum atomic E-state index is 0.00341. The highest BCUT2D eigenvalue weighted by Gasteiger charge is 2.22. The Kier molecular flexibility index (Phi) is 5.53. The van der Waals surface area contributed by atoms with Gasteiger partial charge in [0, 0.05) is 44.3 Å². The molecule has 1 aliphatic rings. The number of nitrogens with zero attached hydrogens (tertiary/aromatic N) is 3. The van der Waals surface area contributed by atoms with Crippen LogP contribution in [0, 0.1) is 0 Å². The lowest BCUT2D eigenvalue weighted by Gasteiger charge is -2.34. The molecular formula is C17H22N4O2S. The summed E-state index contributed by atoms with van der Waals surface area (Å²) in [5, 5.41) is 6.01. The topological polar surface area (TPSA) is 57.7 Å². The van der Waals surface area contributed by atoms with Gasteiger partial charge in [0.05, 0.1) is 7.11 Å². The summed E-state index contributed by atoms with van der Waals surface area (Å²) in [5.74, 6) is 0.865. The van der Waals surface area contributed by atoms with Gasteiger partial charge in [0.2, 0.25) is 0 Å². The smallest absolute Gasteiger partial charge is 0.317 e. The molecular weight excluding hydrogens is 324 g/mol. The van der Waals surface area contributed by atoms with Crippen LogP contribution in [-0.2, 0) is 6.42 Å². The number of carbonyl (C=O) groups excluding carboxylic acids is 1. The van der Waals surface area contributed by atoms with Crippen molar-refractivity contribution < 1.29 is 9.53 Å². The van der Waals surface area contributed by atoms with E-state index in [1.54, 1.807) is 18.4 Å². The third-order valence-corrected chi connectivity index (χ3v) is 4.95. The first-order valence-corrected chi connectivity index (χ1v) is 8.95. The number of piperazine rings is 1. The van der Waals surface area contributed by atoms with Crippen LogP contribution < -0.4 is 15.0 Å². The minimum absolute atomic E-state index is 0.00341. The summed E-state index contributed by atoms with van der Waals surface area (Å²) in [4.78, 5) is 20.7. The van der Waals surface area contributed by atoms with Crippen LogP contribution in [-0.4, -0.2) is 55.7 Å². The number of anilines is 1. The molecule has 1 aromatic heterocycles. The highest BCUT2D eigenvalue weighted by atomic mass is 32.1. The van der Waals surface area contributed by atoms with Crippen LogP contribution in [0.2, 0.25) is 0 Å². The van der Waals surface area contributed by atoms with Gasteiger partial charge in [-0.3, -0.25) is 0 Å². The quantitative estimate of drug-likeness (QED) is 0.902. The van der Waals surface area contributed by atoms with Gasteiger partial charge in [-0.05, 0) is 18.1 Å². The Labute approximate surface area is 146 Å². The number of urea groups is 1. The van der Waals surface area contributed by atoms with Crippen molar-refractivity contribution in [2.45, 2.75) is 6.42 Å². The zero-order valence-electron chi connectivity index (χ0n) is 13.8. The molecule has 2 aromatic rings. The van der Waals surface area contributed by atoms with E-state index in [-0.39, 0.29) is 6.03 Å². The molecule has 24 heavy (non-hydrogen) atoms. The first-order valence-electron chi connectivity index (χ1n) is 8.07. The van der Waals surface area contributed by atoms with Crippen molar-refractivity contribution in [2.75, 3.05) is 44.7 Å². The second-order valence-corrected chi connectivity index (χ2v) is 6.46. The molecule has 1 saturated heterocycles. The zero-order chi connectivity index (χ0) is 16.8. The van der Waals surface area contributed by atoms with Gasteiger partial charge < -0.3 is 19.9 Å². The standard InChI is InChI=1S/C17H22N4O2S/c1-23-15-5-3-2-4-14(15)6-7-18-16(22)20-9-11-21(12-10-20)17-19-8-13-24-17/h2-5,8,13H,6-7,9-12H2,1H3,(H,18,22). The lowest BCUT2D eigenvalue weighted by atomic mass is 10.1. The number of amides is 2. The molecule has 1 aliphatic heterocycles. The maximum absolute atomic E-state index is 12.3. The number of methoxy groups -OCH3 is 1. The van der Waals surface area contributed by atoms with E-state index in [0.717, 1.165) is 49.0 Å². The maximum Gasteiger partial charge on any atom is 0.317 e. The SMILES string of the molecule is COc1ccccc1CCNC(=O)N1CCN(c2nccs2)CC1. The summed E-state index contributed by atoms with van der Waals surface area (Å²) in [6.45, 7) is 3.70. The molecule has 7 heteroatoms. The summed E-state index contributed by atoms with van der Waals surface area (Å²) in [6.07, 6.45) is 2.58. The molecule has 0 saturated carbocycles. The van der Waals surface area contributed by atoms with Crippen LogP contribution in [0.4, 0.5) is 9.93 Å². The second kappa shape index (κ2) is 8.01. The Morgan fingerprint density at radius 3 is 2.79 bits per heavy atom. The molecule has 3 rings (SSSR count). The van der Waals surface area contributed by atoms with Crippen LogP contribution >= 0.6 is 11.3 Å². The molecule has 0 aliphatic carbocycles. The van der Waals surface area contributed by atoms with Gasteiger partial charge in [0.1, 0.15) is 5.75 Å². The Morgan fingerprint density at radius 1 is 1.29 bits per heavy atom. The molecule has 0 spiro atoms. The highest BCUT2D eigenvalue weighted by molar-refractivity contribution is 7.13. The van der Waals surface area contributed by atoms with Crippen molar-refractivity contribution in [1.82, 2.24) is 15.2 Å². The molecule has 128 valence electrons. The molecule has 2 heterocycles. The van der Waals surface area contributed by atoms with E-state index in [1.165, 1.54) is 0 Å². The third-order valence-electron chi connectivity index (χ3n) is 4.12. The summed E-state index contributed by atoms with van der Waals surface area (Å²) < 4.78 is 5.33. The Balaban J connectivity index is 1.43. The van der Waals surface area contributed by atoms with E-state index < -0.39 is 0 Å². The van der Waals surface area contributed by atoms with Crippen molar-refractivity contribution in [3.8, 4) is 5.75 Å². The average Bonchev–Trinajstić information content (AvgIpc) is 3.17. The Morgan fingerprint density at radius 2 is 2.08 bits per heavy atom. The van der Waals surface area contributed by atoms with E-state index in [2.05, 4.69) is 15.2 Å². The number of carbonyl (C=O) groups is 1. The van der Waals surface area contributed by atoms with E-state index in [4.69, 9.17) is 4.74 Å². The van der Waals surface area contributed by atoms with E-state index >= 15 is 0 Å². The fourth-order valence-electron chi connectivity index (χ4n) is 2.80. The predicted octanol–water partition coefficient (Wildman–Crippen LogP) is 2.23. The van der Waals surface area contributed by atoms with Crippen LogP contribution in [0.1, 0.15) is 5.56 Å². The van der Waals surface area contributed by atoms with E-state index in [0.29, 0.717) is 6.54 Å². The average molecular weight is 346 g/mol. The maximum atomic E-state index is 12.3. The molecule has 1 aromatic carbocycles. The first kappa shape index (κ1) is 16.6. The zero-order valence-corrected chi connectivity index (χ0v) is 14.6. The first-order chi connectivity index (χ1) is 11.8. The van der Waals surface area contributed by atoms with E-state index in [9.17, 15) is 4.79 Å². The molecule has 0 atom stereocenters. The minimum Gasteiger partial charge on any atom is -0.496 e. The largest absolute Gasteiger partial charge is 0.496 e.